The average Bonchev–Trinajstić information content (AvgIpc) is 3.39. The molecule has 7 heteroatoms. The van der Waals surface area contributed by atoms with Crippen LogP contribution >= 0.6 is 11.6 Å². The van der Waals surface area contributed by atoms with Crippen LogP contribution in [0.2, 0.25) is 5.02 Å². The Bertz CT molecular complexity index is 687. The number of aliphatic carboxylic acids is 1. The molecule has 0 saturated heterocycles. The molecule has 0 aromatic heterocycles. The fourth-order valence-corrected chi connectivity index (χ4v) is 3.61. The van der Waals surface area contributed by atoms with Gasteiger partial charge in [0.2, 0.25) is 0 Å². The van der Waals surface area contributed by atoms with E-state index < -0.39 is 5.97 Å². The summed E-state index contributed by atoms with van der Waals surface area (Å²) in [6.45, 7) is 3.47. The number of nitrogens with one attached hydrogen (secondary N) is 1. The molecule has 1 aromatic carbocycles. The lowest BCUT2D eigenvalue weighted by Gasteiger charge is -2.42. The summed E-state index contributed by atoms with van der Waals surface area (Å²) in [5.41, 5.74) is 0.444. The van der Waals surface area contributed by atoms with Gasteiger partial charge in [-0.15, -0.1) is 0 Å². The third-order valence-corrected chi connectivity index (χ3v) is 5.38. The Morgan fingerprint density at radius 2 is 2.07 bits per heavy atom. The van der Waals surface area contributed by atoms with E-state index in [4.69, 9.17) is 21.4 Å². The Labute approximate surface area is 164 Å². The monoisotopic (exact) mass is 394 g/mol. The lowest BCUT2D eigenvalue weighted by Crippen LogP contribution is -2.55. The normalized spacial score (nSPS) is 21.6. The summed E-state index contributed by atoms with van der Waals surface area (Å²) >= 11 is 6.05. The van der Waals surface area contributed by atoms with E-state index in [1.165, 1.54) is 12.8 Å². The molecule has 1 aromatic rings. The van der Waals surface area contributed by atoms with Crippen LogP contribution in [0.25, 0.3) is 0 Å². The summed E-state index contributed by atoms with van der Waals surface area (Å²) < 4.78 is 5.66. The van der Waals surface area contributed by atoms with Gasteiger partial charge in [0.15, 0.2) is 0 Å². The van der Waals surface area contributed by atoms with Gasteiger partial charge in [-0.25, -0.2) is 0 Å². The highest BCUT2D eigenvalue weighted by Crippen LogP contribution is 2.34. The second kappa shape index (κ2) is 8.93. The molecular weight excluding hydrogens is 368 g/mol. The minimum absolute atomic E-state index is 0.0519. The molecule has 2 aliphatic rings. The zero-order chi connectivity index (χ0) is 19.4. The van der Waals surface area contributed by atoms with Crippen LogP contribution in [-0.2, 0) is 4.79 Å². The number of nitrogens with zero attached hydrogens (tertiary/aromatic N) is 1. The van der Waals surface area contributed by atoms with E-state index in [0.717, 1.165) is 25.8 Å². The number of amides is 1. The van der Waals surface area contributed by atoms with Crippen molar-refractivity contribution >= 4 is 23.5 Å². The Balaban J connectivity index is 1.55. The van der Waals surface area contributed by atoms with Gasteiger partial charge < -0.3 is 15.2 Å². The summed E-state index contributed by atoms with van der Waals surface area (Å²) in [5, 5.41) is 12.7. The first-order valence-corrected chi connectivity index (χ1v) is 10.0. The maximum absolute atomic E-state index is 12.7. The number of hydrogen-bond donors (Lipinski definition) is 2. The van der Waals surface area contributed by atoms with Crippen molar-refractivity contribution in [1.29, 1.82) is 0 Å². The average molecular weight is 395 g/mol. The summed E-state index contributed by atoms with van der Waals surface area (Å²) in [6.07, 6.45) is 4.79. The first kappa shape index (κ1) is 20.0. The van der Waals surface area contributed by atoms with E-state index in [0.29, 0.717) is 28.9 Å². The Morgan fingerprint density at radius 3 is 2.70 bits per heavy atom. The van der Waals surface area contributed by atoms with Crippen LogP contribution in [0.1, 0.15) is 49.4 Å². The number of halogens is 1. The zero-order valence-corrected chi connectivity index (χ0v) is 16.4. The third kappa shape index (κ3) is 5.59. The van der Waals surface area contributed by atoms with Gasteiger partial charge in [0.1, 0.15) is 5.75 Å². The molecule has 27 heavy (non-hydrogen) atoms. The van der Waals surface area contributed by atoms with Gasteiger partial charge in [0.25, 0.3) is 5.91 Å². The molecule has 148 valence electrons. The quantitative estimate of drug-likeness (QED) is 0.637. The summed E-state index contributed by atoms with van der Waals surface area (Å²) in [5.74, 6) is 0.192. The Morgan fingerprint density at radius 1 is 1.33 bits per heavy atom. The second-order valence-electron chi connectivity index (χ2n) is 7.55. The second-order valence-corrected chi connectivity index (χ2v) is 7.99. The van der Waals surface area contributed by atoms with Crippen LogP contribution in [0.5, 0.6) is 5.75 Å². The van der Waals surface area contributed by atoms with E-state index in [1.807, 2.05) is 6.92 Å². The molecular formula is C20H27ClN2O4. The summed E-state index contributed by atoms with van der Waals surface area (Å²) in [7, 11) is 0. The predicted octanol–water partition coefficient (Wildman–Crippen LogP) is 3.19. The number of rotatable bonds is 10. The molecule has 2 N–H and O–H groups in total. The summed E-state index contributed by atoms with van der Waals surface area (Å²) in [6, 6.07) is 5.34. The topological polar surface area (TPSA) is 78.9 Å². The highest BCUT2D eigenvalue weighted by Gasteiger charge is 2.38. The number of benzene rings is 1. The zero-order valence-electron chi connectivity index (χ0n) is 15.6. The third-order valence-electron chi connectivity index (χ3n) is 5.14. The molecule has 0 atom stereocenters. The molecule has 2 saturated carbocycles. The van der Waals surface area contributed by atoms with Crippen molar-refractivity contribution in [3.05, 3.63) is 28.8 Å². The van der Waals surface area contributed by atoms with Crippen molar-refractivity contribution in [2.45, 2.75) is 51.1 Å². The molecule has 2 aliphatic carbocycles. The van der Waals surface area contributed by atoms with Gasteiger partial charge in [-0.05, 0) is 56.2 Å². The van der Waals surface area contributed by atoms with Crippen LogP contribution in [-0.4, -0.2) is 53.7 Å². The number of carbonyl (C=O) groups excluding carboxylic acids is 1. The van der Waals surface area contributed by atoms with E-state index >= 15 is 0 Å². The van der Waals surface area contributed by atoms with Gasteiger partial charge in [0.05, 0.1) is 18.7 Å². The maximum atomic E-state index is 12.7. The smallest absolute Gasteiger partial charge is 0.317 e. The van der Waals surface area contributed by atoms with Crippen LogP contribution in [0.15, 0.2) is 18.2 Å². The summed E-state index contributed by atoms with van der Waals surface area (Å²) in [4.78, 5) is 25.8. The fraction of sp³-hybridized carbons (Fsp3) is 0.600. The van der Waals surface area contributed by atoms with Crippen LogP contribution in [0.4, 0.5) is 0 Å². The molecule has 0 spiro atoms. The van der Waals surface area contributed by atoms with Gasteiger partial charge >= 0.3 is 5.97 Å². The minimum Gasteiger partial charge on any atom is -0.493 e. The van der Waals surface area contributed by atoms with Gasteiger partial charge in [-0.1, -0.05) is 18.5 Å². The lowest BCUT2D eigenvalue weighted by atomic mass is 9.85. The maximum Gasteiger partial charge on any atom is 0.317 e. The van der Waals surface area contributed by atoms with E-state index in [9.17, 15) is 9.59 Å². The van der Waals surface area contributed by atoms with Gasteiger partial charge in [-0.3, -0.25) is 14.5 Å². The van der Waals surface area contributed by atoms with Crippen LogP contribution in [0, 0.1) is 5.92 Å². The van der Waals surface area contributed by atoms with Crippen molar-refractivity contribution < 1.29 is 19.4 Å². The molecule has 0 unspecified atom stereocenters. The number of carboxylic acid groups (broad SMARTS) is 1. The van der Waals surface area contributed by atoms with Crippen molar-refractivity contribution in [2.75, 3.05) is 19.7 Å². The highest BCUT2D eigenvalue weighted by molar-refractivity contribution is 6.31. The molecule has 2 fully saturated rings. The molecule has 0 radical (unpaired) electrons. The Kier molecular flexibility index (Phi) is 6.60. The number of carbonyl (C=O) groups is 2. The van der Waals surface area contributed by atoms with Gasteiger partial charge in [-0.2, -0.15) is 0 Å². The number of carboxylic acids is 1. The SMILES string of the molecule is CCCOc1ccc(Cl)cc1C(=O)NC1CC(N(CC(=O)O)CC2CC2)C1. The molecule has 1 amide bonds. The molecule has 0 heterocycles. The van der Waals surface area contributed by atoms with Crippen molar-refractivity contribution in [3.8, 4) is 5.75 Å². The van der Waals surface area contributed by atoms with E-state index in [2.05, 4.69) is 10.2 Å². The lowest BCUT2D eigenvalue weighted by molar-refractivity contribution is -0.139. The largest absolute Gasteiger partial charge is 0.493 e. The van der Waals surface area contributed by atoms with Crippen LogP contribution in [0.3, 0.4) is 0 Å². The number of ether oxygens (including phenoxy) is 1. The van der Waals surface area contributed by atoms with Crippen LogP contribution < -0.4 is 10.1 Å². The number of hydrogen-bond acceptors (Lipinski definition) is 4. The minimum atomic E-state index is -0.792. The van der Waals surface area contributed by atoms with Crippen molar-refractivity contribution in [2.24, 2.45) is 5.92 Å². The van der Waals surface area contributed by atoms with Gasteiger partial charge in [0, 0.05) is 23.7 Å². The molecule has 6 nitrogen and oxygen atoms in total. The van der Waals surface area contributed by atoms with Crippen molar-refractivity contribution in [3.63, 3.8) is 0 Å². The van der Waals surface area contributed by atoms with Crippen molar-refractivity contribution in [1.82, 2.24) is 10.2 Å². The Hall–Kier alpha value is -1.79. The molecule has 0 aliphatic heterocycles. The standard InChI is InChI=1S/C20H27ClN2O4/c1-2-7-27-18-6-5-14(21)8-17(18)20(26)22-15-9-16(10-15)23(12-19(24)25)11-13-3-4-13/h5-6,8,13,15-16H,2-4,7,9-12H2,1H3,(H,22,26)(H,24,25). The first-order valence-electron chi connectivity index (χ1n) is 9.65. The molecule has 3 rings (SSSR count). The molecule has 0 bridgehead atoms. The van der Waals surface area contributed by atoms with E-state index in [-0.39, 0.29) is 24.5 Å². The fourth-order valence-electron chi connectivity index (χ4n) is 3.43. The predicted molar refractivity (Wildman–Crippen MR) is 103 cm³/mol. The first-order chi connectivity index (χ1) is 13.0. The highest BCUT2D eigenvalue weighted by atomic mass is 35.5. The van der Waals surface area contributed by atoms with E-state index in [1.54, 1.807) is 18.2 Å².